The predicted molar refractivity (Wildman–Crippen MR) is 115 cm³/mol. The van der Waals surface area contributed by atoms with Crippen LogP contribution in [0, 0.1) is 26.2 Å². The van der Waals surface area contributed by atoms with E-state index in [2.05, 4.69) is 43.0 Å². The van der Waals surface area contributed by atoms with Crippen molar-refractivity contribution >= 4 is 23.3 Å². The Bertz CT molecular complexity index is 856. The fourth-order valence-corrected chi connectivity index (χ4v) is 3.47. The lowest BCUT2D eigenvalue weighted by Crippen LogP contribution is -2.53. The van der Waals surface area contributed by atoms with Crippen molar-refractivity contribution in [3.8, 4) is 11.4 Å². The van der Waals surface area contributed by atoms with Gasteiger partial charge in [-0.1, -0.05) is 29.8 Å². The molecule has 0 spiro atoms. The number of amides is 1. The Kier molecular flexibility index (Phi) is 5.94. The van der Waals surface area contributed by atoms with Crippen LogP contribution in [-0.2, 0) is 4.79 Å². The van der Waals surface area contributed by atoms with Gasteiger partial charge in [-0.2, -0.15) is 0 Å². The van der Waals surface area contributed by atoms with Crippen molar-refractivity contribution in [1.29, 1.82) is 0 Å². The Labute approximate surface area is 172 Å². The number of alkyl halides is 1. The third kappa shape index (κ3) is 4.14. The number of carbonyl (C=O) groups is 1. The molecule has 0 unspecified atom stereocenters. The lowest BCUT2D eigenvalue weighted by atomic mass is 9.94. The molecule has 150 valence electrons. The van der Waals surface area contributed by atoms with Gasteiger partial charge in [0.15, 0.2) is 5.82 Å². The van der Waals surface area contributed by atoms with Crippen LogP contribution in [0.4, 0.5) is 5.82 Å². The van der Waals surface area contributed by atoms with E-state index in [1.165, 1.54) is 5.56 Å². The number of piperazine rings is 1. The third-order valence-electron chi connectivity index (χ3n) is 5.45. The second kappa shape index (κ2) is 8.08. The molecule has 2 aromatic rings. The lowest BCUT2D eigenvalue weighted by Gasteiger charge is -2.39. The van der Waals surface area contributed by atoms with E-state index in [1.54, 1.807) is 0 Å². The van der Waals surface area contributed by atoms with Gasteiger partial charge < -0.3 is 9.80 Å². The Hall–Kier alpha value is -2.14. The first kappa shape index (κ1) is 20.6. The molecule has 0 bridgehead atoms. The fraction of sp³-hybridized carbons (Fsp3) is 0.500. The first-order valence-corrected chi connectivity index (χ1v) is 10.3. The van der Waals surface area contributed by atoms with Crippen LogP contribution in [0.1, 0.15) is 30.7 Å². The van der Waals surface area contributed by atoms with Gasteiger partial charge in [0.1, 0.15) is 5.82 Å². The second-order valence-electron chi connectivity index (χ2n) is 8.24. The summed E-state index contributed by atoms with van der Waals surface area (Å²) in [5, 5.41) is 0. The minimum Gasteiger partial charge on any atom is -0.353 e. The molecule has 1 fully saturated rings. The highest BCUT2D eigenvalue weighted by Crippen LogP contribution is 2.27. The number of benzene rings is 1. The van der Waals surface area contributed by atoms with Crippen molar-refractivity contribution in [2.24, 2.45) is 5.41 Å². The highest BCUT2D eigenvalue weighted by atomic mass is 35.5. The number of hydrogen-bond acceptors (Lipinski definition) is 4. The van der Waals surface area contributed by atoms with E-state index in [4.69, 9.17) is 21.6 Å². The van der Waals surface area contributed by atoms with Crippen LogP contribution in [0.2, 0.25) is 0 Å². The van der Waals surface area contributed by atoms with Gasteiger partial charge in [0, 0.05) is 48.9 Å². The molecule has 0 saturated carbocycles. The molecule has 2 heterocycles. The number of carbonyl (C=O) groups excluding carboxylic acids is 1. The van der Waals surface area contributed by atoms with E-state index < -0.39 is 5.41 Å². The first-order chi connectivity index (χ1) is 13.2. The van der Waals surface area contributed by atoms with Gasteiger partial charge in [0.05, 0.1) is 5.41 Å². The van der Waals surface area contributed by atoms with Crippen LogP contribution in [0.5, 0.6) is 0 Å². The van der Waals surface area contributed by atoms with Crippen molar-refractivity contribution in [3.05, 3.63) is 41.1 Å². The van der Waals surface area contributed by atoms with Crippen molar-refractivity contribution in [3.63, 3.8) is 0 Å². The molecule has 1 aliphatic heterocycles. The van der Waals surface area contributed by atoms with E-state index in [0.29, 0.717) is 19.0 Å². The van der Waals surface area contributed by atoms with Crippen molar-refractivity contribution in [2.45, 2.75) is 34.6 Å². The molecule has 1 aliphatic rings. The highest BCUT2D eigenvalue weighted by Gasteiger charge is 2.33. The summed E-state index contributed by atoms with van der Waals surface area (Å²) in [6, 6.07) is 8.29. The minimum atomic E-state index is -0.524. The van der Waals surface area contributed by atoms with Crippen molar-refractivity contribution < 1.29 is 4.79 Å². The third-order valence-corrected chi connectivity index (χ3v) is 6.12. The van der Waals surface area contributed by atoms with Crippen molar-refractivity contribution in [1.82, 2.24) is 14.9 Å². The average molecular weight is 401 g/mol. The van der Waals surface area contributed by atoms with Gasteiger partial charge >= 0.3 is 0 Å². The molecule has 3 rings (SSSR count). The zero-order valence-electron chi connectivity index (χ0n) is 17.4. The maximum atomic E-state index is 12.7. The van der Waals surface area contributed by atoms with Crippen LogP contribution >= 0.6 is 11.6 Å². The standard InChI is InChI=1S/C22H29ClN4O/c1-15-6-8-18(9-7-15)19-24-17(3)16(2)20(25-19)26-10-12-27(13-11-26)21(28)22(4,5)14-23/h6-9H,10-14H2,1-5H3. The summed E-state index contributed by atoms with van der Waals surface area (Å²) in [6.07, 6.45) is 0. The topological polar surface area (TPSA) is 49.3 Å². The molecule has 1 aromatic heterocycles. The quantitative estimate of drug-likeness (QED) is 0.728. The maximum absolute atomic E-state index is 12.7. The summed E-state index contributed by atoms with van der Waals surface area (Å²) in [4.78, 5) is 26.4. The molecule has 6 heteroatoms. The molecule has 0 radical (unpaired) electrons. The Balaban J connectivity index is 1.81. The van der Waals surface area contributed by atoms with Gasteiger partial charge in [0.2, 0.25) is 5.91 Å². The smallest absolute Gasteiger partial charge is 0.229 e. The average Bonchev–Trinajstić information content (AvgIpc) is 2.70. The number of halogens is 1. The van der Waals surface area contributed by atoms with Gasteiger partial charge in [-0.25, -0.2) is 9.97 Å². The summed E-state index contributed by atoms with van der Waals surface area (Å²) in [6.45, 7) is 12.9. The predicted octanol–water partition coefficient (Wildman–Crippen LogP) is 3.98. The first-order valence-electron chi connectivity index (χ1n) is 9.75. The Morgan fingerprint density at radius 2 is 1.64 bits per heavy atom. The highest BCUT2D eigenvalue weighted by molar-refractivity contribution is 6.19. The minimum absolute atomic E-state index is 0.123. The van der Waals surface area contributed by atoms with E-state index in [1.807, 2.05) is 25.7 Å². The number of aryl methyl sites for hydroxylation is 2. The largest absolute Gasteiger partial charge is 0.353 e. The molecule has 1 aromatic carbocycles. The monoisotopic (exact) mass is 400 g/mol. The summed E-state index contributed by atoms with van der Waals surface area (Å²) in [7, 11) is 0. The van der Waals surface area contributed by atoms with Crippen LogP contribution < -0.4 is 4.90 Å². The van der Waals surface area contributed by atoms with Gasteiger partial charge in [0.25, 0.3) is 0 Å². The van der Waals surface area contributed by atoms with Gasteiger partial charge in [-0.05, 0) is 34.6 Å². The number of aromatic nitrogens is 2. The van der Waals surface area contributed by atoms with Gasteiger partial charge in [-0.15, -0.1) is 11.6 Å². The molecular formula is C22H29ClN4O. The number of hydrogen-bond donors (Lipinski definition) is 0. The molecule has 0 atom stereocenters. The fourth-order valence-electron chi connectivity index (χ4n) is 3.36. The van der Waals surface area contributed by atoms with E-state index >= 15 is 0 Å². The van der Waals surface area contributed by atoms with Gasteiger partial charge in [-0.3, -0.25) is 4.79 Å². The second-order valence-corrected chi connectivity index (χ2v) is 8.51. The molecular weight excluding hydrogens is 372 g/mol. The molecule has 1 amide bonds. The van der Waals surface area contributed by atoms with E-state index in [-0.39, 0.29) is 5.91 Å². The van der Waals surface area contributed by atoms with Crippen molar-refractivity contribution in [2.75, 3.05) is 37.0 Å². The van der Waals surface area contributed by atoms with Crippen LogP contribution in [-0.4, -0.2) is 52.8 Å². The van der Waals surface area contributed by atoms with Crippen LogP contribution in [0.3, 0.4) is 0 Å². The van der Waals surface area contributed by atoms with Crippen LogP contribution in [0.15, 0.2) is 24.3 Å². The summed E-state index contributed by atoms with van der Waals surface area (Å²) < 4.78 is 0. The molecule has 28 heavy (non-hydrogen) atoms. The normalized spacial score (nSPS) is 15.1. The molecule has 0 N–H and O–H groups in total. The Morgan fingerprint density at radius 1 is 1.04 bits per heavy atom. The zero-order chi connectivity index (χ0) is 20.5. The van der Waals surface area contributed by atoms with E-state index in [0.717, 1.165) is 41.6 Å². The molecule has 0 aliphatic carbocycles. The maximum Gasteiger partial charge on any atom is 0.229 e. The molecule has 5 nitrogen and oxygen atoms in total. The summed E-state index contributed by atoms with van der Waals surface area (Å²) in [5.74, 6) is 2.17. The number of rotatable bonds is 4. The van der Waals surface area contributed by atoms with E-state index in [9.17, 15) is 4.79 Å². The number of nitrogens with zero attached hydrogens (tertiary/aromatic N) is 4. The molecule has 1 saturated heterocycles. The summed E-state index contributed by atoms with van der Waals surface area (Å²) in [5.41, 5.74) is 3.80. The lowest BCUT2D eigenvalue weighted by molar-refractivity contribution is -0.139. The number of anilines is 1. The van der Waals surface area contributed by atoms with Crippen LogP contribution in [0.25, 0.3) is 11.4 Å². The summed E-state index contributed by atoms with van der Waals surface area (Å²) >= 11 is 5.98. The zero-order valence-corrected chi connectivity index (χ0v) is 18.2. The SMILES string of the molecule is Cc1ccc(-c2nc(C)c(C)c(N3CCN(C(=O)C(C)(C)CCl)CC3)n2)cc1. The Morgan fingerprint density at radius 3 is 2.21 bits per heavy atom.